The normalized spacial score (nSPS) is 11.0. The maximum atomic E-state index is 12.4. The third kappa shape index (κ3) is 4.75. The van der Waals surface area contributed by atoms with Crippen molar-refractivity contribution < 1.29 is 19.1 Å². The summed E-state index contributed by atoms with van der Waals surface area (Å²) in [5.41, 5.74) is -1.12. The molecule has 3 rings (SSSR count). The van der Waals surface area contributed by atoms with E-state index < -0.39 is 27.1 Å². The summed E-state index contributed by atoms with van der Waals surface area (Å²) in [6.45, 7) is 0. The highest BCUT2D eigenvalue weighted by Crippen LogP contribution is 2.34. The van der Waals surface area contributed by atoms with Gasteiger partial charge in [-0.05, 0) is 30.3 Å². The minimum Gasteiger partial charge on any atom is -0.456 e. The Labute approximate surface area is 189 Å². The first-order valence-electron chi connectivity index (χ1n) is 8.61. The van der Waals surface area contributed by atoms with E-state index in [-0.39, 0.29) is 38.4 Å². The highest BCUT2D eigenvalue weighted by molar-refractivity contribution is 6.44. The molecule has 2 aromatic carbocycles. The zero-order valence-corrected chi connectivity index (χ0v) is 17.3. The summed E-state index contributed by atoms with van der Waals surface area (Å²) < 4.78 is 5.51. The Morgan fingerprint density at radius 1 is 1.09 bits per heavy atom. The molecule has 1 heterocycles. The monoisotopic (exact) mass is 472 g/mol. The van der Waals surface area contributed by atoms with Gasteiger partial charge in [0.1, 0.15) is 23.2 Å². The van der Waals surface area contributed by atoms with Gasteiger partial charge in [-0.3, -0.25) is 25.0 Å². The molecule has 1 N–H and O–H groups in total. The van der Waals surface area contributed by atoms with Gasteiger partial charge in [-0.25, -0.2) is 0 Å². The van der Waals surface area contributed by atoms with Gasteiger partial charge in [0.2, 0.25) is 0 Å². The Morgan fingerprint density at radius 3 is 2.50 bits per heavy atom. The zero-order valence-electron chi connectivity index (χ0n) is 15.7. The van der Waals surface area contributed by atoms with Crippen LogP contribution in [0.2, 0.25) is 10.0 Å². The molecule has 0 aliphatic rings. The third-order valence-electron chi connectivity index (χ3n) is 4.13. The van der Waals surface area contributed by atoms with Crippen LogP contribution in [0, 0.1) is 31.6 Å². The van der Waals surface area contributed by atoms with E-state index in [1.165, 1.54) is 30.3 Å². The van der Waals surface area contributed by atoms with E-state index >= 15 is 0 Å². The molecule has 0 bridgehead atoms. The number of furan rings is 1. The number of nitro groups is 2. The number of carbonyl (C=O) groups is 1. The fourth-order valence-electron chi connectivity index (χ4n) is 2.65. The van der Waals surface area contributed by atoms with Crippen LogP contribution in [0.1, 0.15) is 5.76 Å². The van der Waals surface area contributed by atoms with Crippen LogP contribution in [0.25, 0.3) is 17.4 Å². The summed E-state index contributed by atoms with van der Waals surface area (Å²) in [6, 6.07) is 12.2. The number of nitrogens with one attached hydrogen (secondary N) is 1. The SMILES string of the molecule is N#C/C(=C/c1ccc(-c2ccc([N+](=O)[O-])cc2[N+](=O)[O-])o1)C(=O)Nc1cccc(Cl)c1Cl. The van der Waals surface area contributed by atoms with Crippen LogP contribution in [0.4, 0.5) is 17.1 Å². The second-order valence-electron chi connectivity index (χ2n) is 6.14. The molecule has 0 fully saturated rings. The van der Waals surface area contributed by atoms with Gasteiger partial charge in [-0.1, -0.05) is 29.3 Å². The molecule has 0 unspecified atom stereocenters. The second-order valence-corrected chi connectivity index (χ2v) is 6.93. The van der Waals surface area contributed by atoms with E-state index in [4.69, 9.17) is 27.6 Å². The van der Waals surface area contributed by atoms with Gasteiger partial charge >= 0.3 is 0 Å². The lowest BCUT2D eigenvalue weighted by Crippen LogP contribution is -2.13. The molecule has 1 amide bonds. The molecule has 0 aliphatic carbocycles. The van der Waals surface area contributed by atoms with Crippen LogP contribution >= 0.6 is 23.2 Å². The third-order valence-corrected chi connectivity index (χ3v) is 4.95. The summed E-state index contributed by atoms with van der Waals surface area (Å²) in [6.07, 6.45) is 1.13. The van der Waals surface area contributed by atoms with Crippen LogP contribution in [0.3, 0.4) is 0 Å². The van der Waals surface area contributed by atoms with Crippen LogP contribution in [0.15, 0.2) is 58.5 Å². The Bertz CT molecular complexity index is 1330. The first-order chi connectivity index (χ1) is 15.2. The Morgan fingerprint density at radius 2 is 1.84 bits per heavy atom. The van der Waals surface area contributed by atoms with Crippen LogP contribution in [-0.4, -0.2) is 15.8 Å². The van der Waals surface area contributed by atoms with Crippen molar-refractivity contribution in [2.75, 3.05) is 5.32 Å². The lowest BCUT2D eigenvalue weighted by molar-refractivity contribution is -0.393. The van der Waals surface area contributed by atoms with Crippen molar-refractivity contribution in [1.82, 2.24) is 0 Å². The number of anilines is 1. The number of rotatable bonds is 6. The summed E-state index contributed by atoms with van der Waals surface area (Å²) in [5, 5.41) is 34.3. The van der Waals surface area contributed by atoms with Gasteiger partial charge in [0, 0.05) is 12.1 Å². The second kappa shape index (κ2) is 9.30. The minimum atomic E-state index is -0.782. The van der Waals surface area contributed by atoms with E-state index in [1.54, 1.807) is 12.1 Å². The van der Waals surface area contributed by atoms with Gasteiger partial charge in [0.25, 0.3) is 17.3 Å². The molecule has 10 nitrogen and oxygen atoms in total. The highest BCUT2D eigenvalue weighted by atomic mass is 35.5. The van der Waals surface area contributed by atoms with Gasteiger partial charge in [-0.15, -0.1) is 0 Å². The molecule has 0 radical (unpaired) electrons. The number of carbonyl (C=O) groups excluding carboxylic acids is 1. The minimum absolute atomic E-state index is 0.00563. The van der Waals surface area contributed by atoms with E-state index in [1.807, 2.05) is 0 Å². The number of nitrogens with zero attached hydrogens (tertiary/aromatic N) is 3. The molecule has 1 aromatic heterocycles. The molecule has 3 aromatic rings. The van der Waals surface area contributed by atoms with Crippen molar-refractivity contribution in [2.45, 2.75) is 0 Å². The fraction of sp³-hybridized carbons (Fsp3) is 0. The molecular formula is C20H10Cl2N4O6. The maximum absolute atomic E-state index is 12.4. The Hall–Kier alpha value is -4.20. The number of nitriles is 1. The molecule has 32 heavy (non-hydrogen) atoms. The molecule has 0 atom stereocenters. The number of hydrogen-bond donors (Lipinski definition) is 1. The number of nitro benzene ring substituents is 2. The van der Waals surface area contributed by atoms with Gasteiger partial charge in [0.15, 0.2) is 0 Å². The number of hydrogen-bond acceptors (Lipinski definition) is 7. The average Bonchev–Trinajstić information content (AvgIpc) is 3.23. The molecule has 160 valence electrons. The van der Waals surface area contributed by atoms with Crippen molar-refractivity contribution >= 4 is 52.2 Å². The number of amides is 1. The van der Waals surface area contributed by atoms with Gasteiger partial charge in [-0.2, -0.15) is 5.26 Å². The van der Waals surface area contributed by atoms with Crippen LogP contribution < -0.4 is 5.32 Å². The largest absolute Gasteiger partial charge is 0.456 e. The Kier molecular flexibility index (Phi) is 6.53. The van der Waals surface area contributed by atoms with Crippen molar-refractivity contribution in [3.8, 4) is 17.4 Å². The molecule has 0 saturated heterocycles. The predicted molar refractivity (Wildman–Crippen MR) is 116 cm³/mol. The summed E-state index contributed by atoms with van der Waals surface area (Å²) in [5.74, 6) is -0.707. The van der Waals surface area contributed by atoms with Crippen LogP contribution in [-0.2, 0) is 4.79 Å². The highest BCUT2D eigenvalue weighted by Gasteiger charge is 2.22. The topological polar surface area (TPSA) is 152 Å². The van der Waals surface area contributed by atoms with E-state index in [0.29, 0.717) is 0 Å². The Balaban J connectivity index is 1.91. The molecular weight excluding hydrogens is 463 g/mol. The average molecular weight is 473 g/mol. The quantitative estimate of drug-likeness (QED) is 0.211. The van der Waals surface area contributed by atoms with Gasteiger partial charge < -0.3 is 9.73 Å². The predicted octanol–water partition coefficient (Wildman–Crippen LogP) is 5.62. The van der Waals surface area contributed by atoms with Crippen molar-refractivity contribution in [3.05, 3.63) is 90.1 Å². The van der Waals surface area contributed by atoms with Crippen molar-refractivity contribution in [3.63, 3.8) is 0 Å². The van der Waals surface area contributed by atoms with Crippen molar-refractivity contribution in [1.29, 1.82) is 5.26 Å². The maximum Gasteiger partial charge on any atom is 0.287 e. The number of halogens is 2. The lowest BCUT2D eigenvalue weighted by Gasteiger charge is -2.07. The molecule has 0 saturated carbocycles. The molecule has 0 aliphatic heterocycles. The van der Waals surface area contributed by atoms with E-state index in [9.17, 15) is 30.3 Å². The summed E-state index contributed by atoms with van der Waals surface area (Å²) in [7, 11) is 0. The van der Waals surface area contributed by atoms with Gasteiger partial charge in [0.05, 0.1) is 37.2 Å². The molecule has 0 spiro atoms. The number of non-ortho nitro benzene ring substituents is 1. The summed E-state index contributed by atoms with van der Waals surface area (Å²) >= 11 is 11.9. The van der Waals surface area contributed by atoms with Crippen molar-refractivity contribution in [2.24, 2.45) is 0 Å². The standard InChI is InChI=1S/C20H10Cl2N4O6/c21-15-2-1-3-16(19(15)22)24-20(27)11(10-23)8-13-5-7-18(32-13)14-6-4-12(25(28)29)9-17(14)26(30)31/h1-9H,(H,24,27)/b11-8-. The van der Waals surface area contributed by atoms with E-state index in [2.05, 4.69) is 5.32 Å². The zero-order chi connectivity index (χ0) is 23.4. The van der Waals surface area contributed by atoms with Crippen LogP contribution in [0.5, 0.6) is 0 Å². The fourth-order valence-corrected chi connectivity index (χ4v) is 3.00. The number of benzene rings is 2. The first-order valence-corrected chi connectivity index (χ1v) is 9.37. The summed E-state index contributed by atoms with van der Waals surface area (Å²) in [4.78, 5) is 33.1. The molecule has 12 heteroatoms. The van der Waals surface area contributed by atoms with E-state index in [0.717, 1.165) is 18.2 Å². The first kappa shape index (κ1) is 22.5. The smallest absolute Gasteiger partial charge is 0.287 e. The lowest BCUT2D eigenvalue weighted by atomic mass is 10.1.